The summed E-state index contributed by atoms with van der Waals surface area (Å²) in [5.41, 5.74) is 0. The number of ether oxygens (including phenoxy) is 1. The number of hydrogen-bond donors (Lipinski definition) is 0. The molecular weight excluding hydrogens is 296 g/mol. The van der Waals surface area contributed by atoms with Gasteiger partial charge in [0.2, 0.25) is 0 Å². The van der Waals surface area contributed by atoms with Crippen LogP contribution in [0.3, 0.4) is 0 Å². The molecule has 0 aliphatic heterocycles. The number of carbonyl (C=O) groups is 1. The molecule has 0 unspecified atom stereocenters. The fourth-order valence-electron chi connectivity index (χ4n) is 1.79. The molecule has 0 spiro atoms. The third-order valence-electron chi connectivity index (χ3n) is 3.05. The van der Waals surface area contributed by atoms with Crippen molar-refractivity contribution >= 4 is 5.97 Å². The van der Waals surface area contributed by atoms with E-state index in [1.165, 1.54) is 19.3 Å². The molecule has 0 fully saturated rings. The SMILES string of the molecule is CCCCCC#CC/C=C/CC#CCC#CCCCC(=O)OCC. The van der Waals surface area contributed by atoms with Gasteiger partial charge in [-0.25, -0.2) is 0 Å². The summed E-state index contributed by atoms with van der Waals surface area (Å²) >= 11 is 0. The highest BCUT2D eigenvalue weighted by Crippen LogP contribution is 1.97. The van der Waals surface area contributed by atoms with Gasteiger partial charge in [0.1, 0.15) is 0 Å². The first-order valence-electron chi connectivity index (χ1n) is 8.99. The molecule has 0 heterocycles. The molecule has 0 radical (unpaired) electrons. The Morgan fingerprint density at radius 1 is 0.833 bits per heavy atom. The molecule has 0 aromatic carbocycles. The fraction of sp³-hybridized carbons (Fsp3) is 0.591. The Balaban J connectivity index is 3.56. The Labute approximate surface area is 148 Å². The summed E-state index contributed by atoms with van der Waals surface area (Å²) in [6.07, 6.45) is 12.9. The molecule has 2 heteroatoms. The molecule has 2 nitrogen and oxygen atoms in total. The Hall–Kier alpha value is -2.11. The molecule has 0 bridgehead atoms. The summed E-state index contributed by atoms with van der Waals surface area (Å²) in [6.45, 7) is 4.46. The molecule has 0 aromatic rings. The van der Waals surface area contributed by atoms with Gasteiger partial charge in [-0.15, -0.1) is 11.8 Å². The molecule has 0 aromatic heterocycles. The molecule has 0 amide bonds. The van der Waals surface area contributed by atoms with Gasteiger partial charge in [-0.3, -0.25) is 4.79 Å². The van der Waals surface area contributed by atoms with E-state index in [-0.39, 0.29) is 5.97 Å². The van der Waals surface area contributed by atoms with Crippen molar-refractivity contribution in [2.75, 3.05) is 6.61 Å². The molecule has 0 aliphatic carbocycles. The topological polar surface area (TPSA) is 26.3 Å². The minimum Gasteiger partial charge on any atom is -0.466 e. The number of rotatable bonds is 9. The van der Waals surface area contributed by atoms with Crippen LogP contribution in [0, 0.1) is 35.5 Å². The average Bonchev–Trinajstić information content (AvgIpc) is 2.58. The van der Waals surface area contributed by atoms with E-state index in [1.807, 2.05) is 6.92 Å². The van der Waals surface area contributed by atoms with Crippen LogP contribution < -0.4 is 0 Å². The summed E-state index contributed by atoms with van der Waals surface area (Å²) in [4.78, 5) is 11.1. The molecule has 0 N–H and O–H groups in total. The normalized spacial score (nSPS) is 9.25. The lowest BCUT2D eigenvalue weighted by Gasteiger charge is -1.98. The third-order valence-corrected chi connectivity index (χ3v) is 3.05. The Morgan fingerprint density at radius 2 is 1.46 bits per heavy atom. The molecule has 0 saturated carbocycles. The van der Waals surface area contributed by atoms with Gasteiger partial charge in [0.05, 0.1) is 13.0 Å². The van der Waals surface area contributed by atoms with Crippen LogP contribution in [0.25, 0.3) is 0 Å². The molecule has 0 atom stereocenters. The zero-order chi connectivity index (χ0) is 17.7. The van der Waals surface area contributed by atoms with Crippen LogP contribution in [0.1, 0.15) is 78.1 Å². The highest BCUT2D eigenvalue weighted by atomic mass is 16.5. The Bertz CT molecular complexity index is 524. The zero-order valence-corrected chi connectivity index (χ0v) is 15.2. The van der Waals surface area contributed by atoms with Crippen molar-refractivity contribution in [1.82, 2.24) is 0 Å². The molecule has 0 rings (SSSR count). The van der Waals surface area contributed by atoms with Crippen molar-refractivity contribution in [3.05, 3.63) is 12.2 Å². The summed E-state index contributed by atoms with van der Waals surface area (Å²) in [6, 6.07) is 0. The van der Waals surface area contributed by atoms with Gasteiger partial charge in [0.25, 0.3) is 0 Å². The summed E-state index contributed by atoms with van der Waals surface area (Å²) in [5, 5.41) is 0. The predicted octanol–water partition coefficient (Wildman–Crippen LogP) is 5.04. The number of carbonyl (C=O) groups excluding carboxylic acids is 1. The largest absolute Gasteiger partial charge is 0.466 e. The van der Waals surface area contributed by atoms with E-state index in [0.717, 1.165) is 32.1 Å². The van der Waals surface area contributed by atoms with Crippen molar-refractivity contribution in [2.24, 2.45) is 0 Å². The van der Waals surface area contributed by atoms with Crippen LogP contribution in [-0.2, 0) is 9.53 Å². The van der Waals surface area contributed by atoms with Crippen molar-refractivity contribution in [1.29, 1.82) is 0 Å². The quantitative estimate of drug-likeness (QED) is 0.257. The van der Waals surface area contributed by atoms with E-state index in [9.17, 15) is 4.79 Å². The predicted molar refractivity (Wildman–Crippen MR) is 101 cm³/mol. The number of unbranched alkanes of at least 4 members (excludes halogenated alkanes) is 4. The minimum absolute atomic E-state index is 0.142. The third kappa shape index (κ3) is 17.9. The lowest BCUT2D eigenvalue weighted by atomic mass is 10.2. The smallest absolute Gasteiger partial charge is 0.305 e. The standard InChI is InChI=1S/C22H30O2/c1-3-5-6-7-8-9-10-11-12-13-14-15-16-17-18-19-20-21-22(23)24-4-2/h11-12H,3-7,10,13,16,19-21H2,1-2H3/b12-11+. The lowest BCUT2D eigenvalue weighted by Crippen LogP contribution is -2.02. The van der Waals surface area contributed by atoms with Crippen molar-refractivity contribution in [2.45, 2.75) is 78.1 Å². The van der Waals surface area contributed by atoms with Crippen molar-refractivity contribution in [3.8, 4) is 35.5 Å². The van der Waals surface area contributed by atoms with Crippen molar-refractivity contribution < 1.29 is 9.53 Å². The van der Waals surface area contributed by atoms with Gasteiger partial charge in [-0.05, 0) is 19.8 Å². The molecule has 0 aliphatic rings. The van der Waals surface area contributed by atoms with Gasteiger partial charge in [0.15, 0.2) is 0 Å². The maximum atomic E-state index is 11.1. The van der Waals surface area contributed by atoms with Gasteiger partial charge in [-0.2, -0.15) is 0 Å². The molecule has 24 heavy (non-hydrogen) atoms. The highest BCUT2D eigenvalue weighted by molar-refractivity contribution is 5.69. The number of allylic oxidation sites excluding steroid dienone is 2. The highest BCUT2D eigenvalue weighted by Gasteiger charge is 1.98. The first-order valence-corrected chi connectivity index (χ1v) is 8.99. The summed E-state index contributed by atoms with van der Waals surface area (Å²) < 4.78 is 4.85. The monoisotopic (exact) mass is 326 g/mol. The van der Waals surface area contributed by atoms with Crippen LogP contribution >= 0.6 is 0 Å². The first kappa shape index (κ1) is 21.9. The zero-order valence-electron chi connectivity index (χ0n) is 15.2. The average molecular weight is 326 g/mol. The van der Waals surface area contributed by atoms with E-state index in [2.05, 4.69) is 54.6 Å². The van der Waals surface area contributed by atoms with E-state index < -0.39 is 0 Å². The Morgan fingerprint density at radius 3 is 2.17 bits per heavy atom. The second-order valence-corrected chi connectivity index (χ2v) is 5.23. The second kappa shape index (κ2) is 18.9. The van der Waals surface area contributed by atoms with E-state index >= 15 is 0 Å². The molecule has 130 valence electrons. The molecular formula is C22H30O2. The maximum absolute atomic E-state index is 11.1. The summed E-state index contributed by atoms with van der Waals surface area (Å²) in [7, 11) is 0. The number of hydrogen-bond acceptors (Lipinski definition) is 2. The summed E-state index contributed by atoms with van der Waals surface area (Å²) in [5.74, 6) is 18.3. The lowest BCUT2D eigenvalue weighted by molar-refractivity contribution is -0.143. The number of esters is 1. The van der Waals surface area contributed by atoms with E-state index in [1.54, 1.807) is 0 Å². The van der Waals surface area contributed by atoms with Crippen LogP contribution in [0.15, 0.2) is 12.2 Å². The maximum Gasteiger partial charge on any atom is 0.305 e. The van der Waals surface area contributed by atoms with E-state index in [0.29, 0.717) is 19.4 Å². The van der Waals surface area contributed by atoms with E-state index in [4.69, 9.17) is 4.74 Å². The Kier molecular flexibility index (Phi) is 17.3. The van der Waals surface area contributed by atoms with Crippen LogP contribution in [0.4, 0.5) is 0 Å². The van der Waals surface area contributed by atoms with Gasteiger partial charge in [0, 0.05) is 32.1 Å². The van der Waals surface area contributed by atoms with Gasteiger partial charge < -0.3 is 4.74 Å². The van der Waals surface area contributed by atoms with Crippen molar-refractivity contribution in [3.63, 3.8) is 0 Å². The fourth-order valence-corrected chi connectivity index (χ4v) is 1.79. The van der Waals surface area contributed by atoms with Crippen LogP contribution in [0.2, 0.25) is 0 Å². The van der Waals surface area contributed by atoms with Gasteiger partial charge >= 0.3 is 5.97 Å². The van der Waals surface area contributed by atoms with Crippen LogP contribution in [-0.4, -0.2) is 12.6 Å². The first-order chi connectivity index (χ1) is 11.8. The second-order valence-electron chi connectivity index (χ2n) is 5.23. The molecule has 0 saturated heterocycles. The van der Waals surface area contributed by atoms with Crippen LogP contribution in [0.5, 0.6) is 0 Å². The minimum atomic E-state index is -0.142. The van der Waals surface area contributed by atoms with Gasteiger partial charge in [-0.1, -0.05) is 55.6 Å².